The smallest absolute Gasteiger partial charge is 0.343 e. The Morgan fingerprint density at radius 3 is 2.43 bits per heavy atom. The molecule has 0 heterocycles. The molecule has 0 bridgehead atoms. The van der Waals surface area contributed by atoms with Crippen molar-refractivity contribution in [1.82, 2.24) is 5.43 Å². The molecule has 0 atom stereocenters. The van der Waals surface area contributed by atoms with Gasteiger partial charge in [0, 0.05) is 5.02 Å². The maximum atomic E-state index is 12.3. The first-order valence-corrected chi connectivity index (χ1v) is 9.47. The third kappa shape index (κ3) is 5.37. The summed E-state index contributed by atoms with van der Waals surface area (Å²) in [5, 5.41) is 4.56. The van der Waals surface area contributed by atoms with E-state index in [1.54, 1.807) is 54.6 Å². The number of hydrogen-bond acceptors (Lipinski definition) is 5. The van der Waals surface area contributed by atoms with Gasteiger partial charge in [0.1, 0.15) is 0 Å². The molecular weight excluding hydrogens is 427 g/mol. The van der Waals surface area contributed by atoms with Gasteiger partial charge in [0.05, 0.1) is 29.5 Å². The molecule has 152 valence electrons. The van der Waals surface area contributed by atoms with Crippen LogP contribution in [-0.4, -0.2) is 25.2 Å². The van der Waals surface area contributed by atoms with E-state index in [9.17, 15) is 9.59 Å². The van der Waals surface area contributed by atoms with E-state index in [1.807, 2.05) is 0 Å². The van der Waals surface area contributed by atoms with Gasteiger partial charge in [-0.3, -0.25) is 4.79 Å². The summed E-state index contributed by atoms with van der Waals surface area (Å²) < 4.78 is 10.7. The van der Waals surface area contributed by atoms with Gasteiger partial charge in [0.2, 0.25) is 0 Å². The summed E-state index contributed by atoms with van der Waals surface area (Å²) in [6.07, 6.45) is 1.40. The maximum absolute atomic E-state index is 12.3. The number of hydrazone groups is 1. The van der Waals surface area contributed by atoms with Gasteiger partial charge in [-0.1, -0.05) is 41.4 Å². The number of ether oxygens (including phenoxy) is 2. The highest BCUT2D eigenvalue weighted by Gasteiger charge is 2.13. The van der Waals surface area contributed by atoms with Gasteiger partial charge in [-0.15, -0.1) is 0 Å². The molecule has 1 N–H and O–H groups in total. The third-order valence-corrected chi connectivity index (χ3v) is 4.50. The van der Waals surface area contributed by atoms with Crippen molar-refractivity contribution in [2.24, 2.45) is 5.10 Å². The predicted molar refractivity (Wildman–Crippen MR) is 116 cm³/mol. The highest BCUT2D eigenvalue weighted by molar-refractivity contribution is 6.36. The molecule has 0 aromatic heterocycles. The molecule has 0 unspecified atom stereocenters. The second-order valence-corrected chi connectivity index (χ2v) is 6.83. The summed E-state index contributed by atoms with van der Waals surface area (Å²) in [6.45, 7) is 0. The fraction of sp³-hybridized carbons (Fsp3) is 0.0455. The molecule has 6 nitrogen and oxygen atoms in total. The quantitative estimate of drug-likeness (QED) is 0.252. The Labute approximate surface area is 183 Å². The van der Waals surface area contributed by atoms with Crippen LogP contribution in [-0.2, 0) is 0 Å². The first kappa shape index (κ1) is 21.4. The van der Waals surface area contributed by atoms with Crippen LogP contribution in [0, 0.1) is 0 Å². The summed E-state index contributed by atoms with van der Waals surface area (Å²) in [7, 11) is 1.47. The molecule has 0 fully saturated rings. The second kappa shape index (κ2) is 9.91. The van der Waals surface area contributed by atoms with Crippen LogP contribution < -0.4 is 14.9 Å². The second-order valence-electron chi connectivity index (χ2n) is 5.99. The van der Waals surface area contributed by atoms with Crippen LogP contribution in [0.1, 0.15) is 26.3 Å². The Bertz CT molecular complexity index is 1100. The van der Waals surface area contributed by atoms with Crippen LogP contribution in [0.4, 0.5) is 0 Å². The molecule has 3 aromatic carbocycles. The summed E-state index contributed by atoms with van der Waals surface area (Å²) in [6, 6.07) is 18.0. The van der Waals surface area contributed by atoms with E-state index in [1.165, 1.54) is 25.5 Å². The Morgan fingerprint density at radius 2 is 1.73 bits per heavy atom. The van der Waals surface area contributed by atoms with Crippen molar-refractivity contribution in [1.29, 1.82) is 0 Å². The number of carbonyl (C=O) groups excluding carboxylic acids is 2. The number of methoxy groups -OCH3 is 1. The lowest BCUT2D eigenvalue weighted by Gasteiger charge is -2.10. The van der Waals surface area contributed by atoms with Crippen LogP contribution in [0.25, 0.3) is 0 Å². The Kier molecular flexibility index (Phi) is 7.06. The standard InChI is InChI=1S/C22H16Cl2N2O4/c1-29-19-10-7-14(11-20(19)30-22(28)15-5-3-2-4-6-15)13-25-26-21(27)17-9-8-16(23)12-18(17)24/h2-13H,1H3,(H,26,27)/b25-13-. The number of carbonyl (C=O) groups is 2. The van der Waals surface area contributed by atoms with Crippen LogP contribution in [0.5, 0.6) is 11.5 Å². The number of nitrogens with one attached hydrogen (secondary N) is 1. The molecule has 0 saturated heterocycles. The fourth-order valence-corrected chi connectivity index (χ4v) is 2.98. The van der Waals surface area contributed by atoms with Gasteiger partial charge >= 0.3 is 5.97 Å². The molecule has 0 radical (unpaired) electrons. The van der Waals surface area contributed by atoms with Crippen LogP contribution in [0.2, 0.25) is 10.0 Å². The normalized spacial score (nSPS) is 10.6. The molecule has 0 aliphatic carbocycles. The van der Waals surface area contributed by atoms with Gasteiger partial charge in [-0.05, 0) is 54.1 Å². The molecule has 30 heavy (non-hydrogen) atoms. The molecule has 1 amide bonds. The lowest BCUT2D eigenvalue weighted by atomic mass is 10.2. The summed E-state index contributed by atoms with van der Waals surface area (Å²) in [5.74, 6) is -0.401. The highest BCUT2D eigenvalue weighted by atomic mass is 35.5. The van der Waals surface area contributed by atoms with Gasteiger partial charge in [-0.2, -0.15) is 5.10 Å². The van der Waals surface area contributed by atoms with Crippen LogP contribution in [0.15, 0.2) is 71.8 Å². The molecule has 0 spiro atoms. The van der Waals surface area contributed by atoms with Gasteiger partial charge in [-0.25, -0.2) is 10.2 Å². The Balaban J connectivity index is 1.72. The molecule has 0 aliphatic heterocycles. The molecule has 3 aromatic rings. The minimum atomic E-state index is -0.520. The van der Waals surface area contributed by atoms with E-state index in [0.29, 0.717) is 21.9 Å². The summed E-state index contributed by atoms with van der Waals surface area (Å²) in [5.41, 5.74) is 3.61. The molecule has 0 saturated carbocycles. The average Bonchev–Trinajstić information content (AvgIpc) is 2.74. The van der Waals surface area contributed by atoms with Crippen molar-refractivity contribution in [3.8, 4) is 11.5 Å². The van der Waals surface area contributed by atoms with Gasteiger partial charge < -0.3 is 9.47 Å². The zero-order valence-electron chi connectivity index (χ0n) is 15.8. The van der Waals surface area contributed by atoms with E-state index in [-0.39, 0.29) is 16.3 Å². The molecular formula is C22H16Cl2N2O4. The number of benzene rings is 3. The van der Waals surface area contributed by atoms with Crippen LogP contribution >= 0.6 is 23.2 Å². The van der Waals surface area contributed by atoms with E-state index >= 15 is 0 Å². The first-order chi connectivity index (χ1) is 14.5. The van der Waals surface area contributed by atoms with Crippen molar-refractivity contribution < 1.29 is 19.1 Å². The van der Waals surface area contributed by atoms with E-state index in [2.05, 4.69) is 10.5 Å². The largest absolute Gasteiger partial charge is 0.493 e. The third-order valence-electron chi connectivity index (χ3n) is 3.96. The maximum Gasteiger partial charge on any atom is 0.343 e. The minimum Gasteiger partial charge on any atom is -0.493 e. The monoisotopic (exact) mass is 442 g/mol. The van der Waals surface area contributed by atoms with Crippen molar-refractivity contribution in [2.45, 2.75) is 0 Å². The van der Waals surface area contributed by atoms with Crippen molar-refractivity contribution in [2.75, 3.05) is 7.11 Å². The number of esters is 1. The van der Waals surface area contributed by atoms with Crippen molar-refractivity contribution >= 4 is 41.3 Å². The minimum absolute atomic E-state index is 0.217. The van der Waals surface area contributed by atoms with E-state index in [4.69, 9.17) is 32.7 Å². The number of rotatable bonds is 6. The molecule has 8 heteroatoms. The lowest BCUT2D eigenvalue weighted by molar-refractivity contribution is 0.0729. The van der Waals surface area contributed by atoms with E-state index in [0.717, 1.165) is 0 Å². The van der Waals surface area contributed by atoms with Gasteiger partial charge in [0.15, 0.2) is 11.5 Å². The van der Waals surface area contributed by atoms with Crippen molar-refractivity contribution in [3.05, 3.63) is 93.5 Å². The zero-order chi connectivity index (χ0) is 21.5. The zero-order valence-corrected chi connectivity index (χ0v) is 17.3. The summed E-state index contributed by atoms with van der Waals surface area (Å²) >= 11 is 11.8. The lowest BCUT2D eigenvalue weighted by Crippen LogP contribution is -2.18. The average molecular weight is 443 g/mol. The molecule has 3 rings (SSSR count). The number of hydrogen-bond donors (Lipinski definition) is 1. The first-order valence-electron chi connectivity index (χ1n) is 8.71. The SMILES string of the molecule is COc1ccc(/C=N\NC(=O)c2ccc(Cl)cc2Cl)cc1OC(=O)c1ccccc1. The Hall–Kier alpha value is -3.35. The van der Waals surface area contributed by atoms with Crippen LogP contribution in [0.3, 0.4) is 0 Å². The number of nitrogens with zero attached hydrogens (tertiary/aromatic N) is 1. The number of halogens is 2. The topological polar surface area (TPSA) is 77.0 Å². The number of amides is 1. The fourth-order valence-electron chi connectivity index (χ4n) is 2.49. The van der Waals surface area contributed by atoms with E-state index < -0.39 is 11.9 Å². The summed E-state index contributed by atoms with van der Waals surface area (Å²) in [4.78, 5) is 24.5. The highest BCUT2D eigenvalue weighted by Crippen LogP contribution is 2.28. The van der Waals surface area contributed by atoms with Gasteiger partial charge in [0.25, 0.3) is 5.91 Å². The van der Waals surface area contributed by atoms with Crippen molar-refractivity contribution in [3.63, 3.8) is 0 Å². The molecule has 0 aliphatic rings. The Morgan fingerprint density at radius 1 is 0.967 bits per heavy atom. The predicted octanol–water partition coefficient (Wildman–Crippen LogP) is 4.99.